The Morgan fingerprint density at radius 3 is 2.36 bits per heavy atom. The molecule has 0 fully saturated rings. The van der Waals surface area contributed by atoms with Crippen molar-refractivity contribution in [2.24, 2.45) is 10.6 Å². The van der Waals surface area contributed by atoms with E-state index in [0.29, 0.717) is 0 Å². The lowest BCUT2D eigenvalue weighted by Crippen LogP contribution is -2.28. The molecule has 3 nitrogen and oxygen atoms in total. The molecule has 0 bridgehead atoms. The van der Waals surface area contributed by atoms with Gasteiger partial charge in [0, 0.05) is 21.4 Å². The van der Waals surface area contributed by atoms with E-state index >= 15 is 0 Å². The zero-order valence-corrected chi connectivity index (χ0v) is 17.8. The van der Waals surface area contributed by atoms with Gasteiger partial charge in [0.05, 0.1) is 11.4 Å². The van der Waals surface area contributed by atoms with Crippen LogP contribution in [0.2, 0.25) is 0 Å². The first-order valence-corrected chi connectivity index (χ1v) is 10.0. The summed E-state index contributed by atoms with van der Waals surface area (Å²) in [6.07, 6.45) is 1.75. The lowest BCUT2D eigenvalue weighted by Gasteiger charge is -2.31. The molecule has 2 aromatic carbocycles. The van der Waals surface area contributed by atoms with Crippen molar-refractivity contribution in [2.75, 3.05) is 7.11 Å². The molecule has 1 aromatic heterocycles. The molecule has 144 valence electrons. The normalized spacial score (nSPS) is 16.8. The number of hydrogen-bond acceptors (Lipinski definition) is 2. The summed E-state index contributed by atoms with van der Waals surface area (Å²) in [5, 5.41) is 4.33. The van der Waals surface area contributed by atoms with Crippen molar-refractivity contribution in [3.8, 4) is 16.9 Å². The Balaban J connectivity index is 2.00. The van der Waals surface area contributed by atoms with Gasteiger partial charge in [-0.25, -0.2) is 4.39 Å². The van der Waals surface area contributed by atoms with Gasteiger partial charge in [-0.05, 0) is 66.3 Å². The van der Waals surface area contributed by atoms with Gasteiger partial charge in [-0.15, -0.1) is 0 Å². The highest BCUT2D eigenvalue weighted by atomic mass is 79.9. The van der Waals surface area contributed by atoms with Crippen LogP contribution in [-0.4, -0.2) is 17.4 Å². The Hall–Kier alpha value is -2.40. The number of fused-ring (bicyclic) bond motifs is 1. The number of benzene rings is 2. The van der Waals surface area contributed by atoms with Crippen LogP contribution in [0.5, 0.6) is 0 Å². The number of rotatable bonds is 3. The Labute approximate surface area is 173 Å². The van der Waals surface area contributed by atoms with Gasteiger partial charge in [0.25, 0.3) is 0 Å². The molecule has 0 unspecified atom stereocenters. The molecule has 5 heteroatoms. The predicted molar refractivity (Wildman–Crippen MR) is 115 cm³/mol. The third kappa shape index (κ3) is 3.51. The molecule has 3 aromatic rings. The van der Waals surface area contributed by atoms with Crippen LogP contribution in [0.1, 0.15) is 31.5 Å². The Morgan fingerprint density at radius 1 is 1.04 bits per heavy atom. The fourth-order valence-corrected chi connectivity index (χ4v) is 4.21. The molecule has 1 heterocycles. The van der Waals surface area contributed by atoms with Gasteiger partial charge in [-0.2, -0.15) is 0 Å². The van der Waals surface area contributed by atoms with Crippen LogP contribution in [0.25, 0.3) is 16.9 Å². The van der Waals surface area contributed by atoms with E-state index in [1.165, 1.54) is 17.8 Å². The first-order valence-electron chi connectivity index (χ1n) is 9.25. The molecule has 0 spiro atoms. The molecule has 0 saturated carbocycles. The van der Waals surface area contributed by atoms with Gasteiger partial charge in [0.15, 0.2) is 0 Å². The number of hydrogen-bond donors (Lipinski definition) is 0. The average Bonchev–Trinajstić information content (AvgIpc) is 3.01. The topological polar surface area (TPSA) is 26.5 Å². The summed E-state index contributed by atoms with van der Waals surface area (Å²) < 4.78 is 16.8. The fourth-order valence-electron chi connectivity index (χ4n) is 3.95. The van der Waals surface area contributed by atoms with Crippen LogP contribution >= 0.6 is 15.9 Å². The highest BCUT2D eigenvalue weighted by molar-refractivity contribution is 9.10. The summed E-state index contributed by atoms with van der Waals surface area (Å²) >= 11 is 3.51. The zero-order chi connectivity index (χ0) is 19.9. The first kappa shape index (κ1) is 18.9. The van der Waals surface area contributed by atoms with E-state index in [0.717, 1.165) is 45.5 Å². The van der Waals surface area contributed by atoms with Crippen LogP contribution < -0.4 is 0 Å². The minimum Gasteiger partial charge on any atom is -0.399 e. The first-order chi connectivity index (χ1) is 13.4. The standard InChI is InChI=1S/C23H22BrFN2O/c1-23(2)13-20(26-28-3)19-12-21(15-4-6-16(24)7-5-15)27(22(19)14-23)18-10-8-17(25)9-11-18/h4-12H,13-14H2,1-3H3. The van der Waals surface area contributed by atoms with Gasteiger partial charge in [0.2, 0.25) is 0 Å². The smallest absolute Gasteiger partial charge is 0.123 e. The van der Waals surface area contributed by atoms with Crippen molar-refractivity contribution in [3.63, 3.8) is 0 Å². The third-order valence-electron chi connectivity index (χ3n) is 5.13. The van der Waals surface area contributed by atoms with E-state index < -0.39 is 0 Å². The second kappa shape index (κ2) is 7.21. The van der Waals surface area contributed by atoms with E-state index in [2.05, 4.69) is 57.7 Å². The quantitative estimate of drug-likeness (QED) is 0.434. The molecule has 0 saturated heterocycles. The summed E-state index contributed by atoms with van der Waals surface area (Å²) in [6, 6.07) is 17.1. The van der Waals surface area contributed by atoms with Gasteiger partial charge in [-0.1, -0.05) is 47.1 Å². The van der Waals surface area contributed by atoms with Crippen LogP contribution in [0.3, 0.4) is 0 Å². The van der Waals surface area contributed by atoms with Crippen LogP contribution in [-0.2, 0) is 11.3 Å². The minimum absolute atomic E-state index is 0.0531. The van der Waals surface area contributed by atoms with Crippen LogP contribution in [0.15, 0.2) is 64.2 Å². The number of oxime groups is 1. The maximum atomic E-state index is 13.6. The maximum Gasteiger partial charge on any atom is 0.123 e. The lowest BCUT2D eigenvalue weighted by atomic mass is 9.76. The highest BCUT2D eigenvalue weighted by Crippen LogP contribution is 2.40. The fraction of sp³-hybridized carbons (Fsp3) is 0.261. The van der Waals surface area contributed by atoms with E-state index in [1.807, 2.05) is 24.3 Å². The molecular formula is C23H22BrFN2O. The lowest BCUT2D eigenvalue weighted by molar-refractivity contribution is 0.210. The summed E-state index contributed by atoms with van der Waals surface area (Å²) in [4.78, 5) is 5.15. The number of aromatic nitrogens is 1. The third-order valence-corrected chi connectivity index (χ3v) is 5.66. The summed E-state index contributed by atoms with van der Waals surface area (Å²) in [7, 11) is 1.58. The molecule has 0 N–H and O–H groups in total. The number of nitrogens with zero attached hydrogens (tertiary/aromatic N) is 2. The SMILES string of the molecule is CON=C1CC(C)(C)Cc2c1cc(-c1ccc(Br)cc1)n2-c1ccc(F)cc1. The molecule has 0 atom stereocenters. The van der Waals surface area contributed by atoms with Crippen LogP contribution in [0.4, 0.5) is 4.39 Å². The van der Waals surface area contributed by atoms with Gasteiger partial charge < -0.3 is 9.40 Å². The van der Waals surface area contributed by atoms with Crippen molar-refractivity contribution in [2.45, 2.75) is 26.7 Å². The van der Waals surface area contributed by atoms with E-state index in [4.69, 9.17) is 4.84 Å². The van der Waals surface area contributed by atoms with Crippen molar-refractivity contribution in [1.82, 2.24) is 4.57 Å². The van der Waals surface area contributed by atoms with E-state index in [9.17, 15) is 4.39 Å². The van der Waals surface area contributed by atoms with Crippen molar-refractivity contribution in [1.29, 1.82) is 0 Å². The minimum atomic E-state index is -0.239. The monoisotopic (exact) mass is 440 g/mol. The average molecular weight is 441 g/mol. The van der Waals surface area contributed by atoms with E-state index in [1.54, 1.807) is 7.11 Å². The second-order valence-electron chi connectivity index (χ2n) is 7.95. The Kier molecular flexibility index (Phi) is 4.88. The molecule has 4 rings (SSSR count). The van der Waals surface area contributed by atoms with Crippen molar-refractivity contribution >= 4 is 21.6 Å². The largest absolute Gasteiger partial charge is 0.399 e. The highest BCUT2D eigenvalue weighted by Gasteiger charge is 2.34. The van der Waals surface area contributed by atoms with Crippen molar-refractivity contribution < 1.29 is 9.23 Å². The van der Waals surface area contributed by atoms with Gasteiger partial charge in [-0.3, -0.25) is 0 Å². The van der Waals surface area contributed by atoms with Gasteiger partial charge in [0.1, 0.15) is 12.9 Å². The molecule has 0 amide bonds. The Morgan fingerprint density at radius 2 is 1.71 bits per heavy atom. The summed E-state index contributed by atoms with van der Waals surface area (Å²) in [6.45, 7) is 4.48. The molecule has 0 aliphatic heterocycles. The number of halogens is 2. The molecular weight excluding hydrogens is 419 g/mol. The summed E-state index contributed by atoms with van der Waals surface area (Å²) in [5.74, 6) is -0.239. The Bertz CT molecular complexity index is 1030. The predicted octanol–water partition coefficient (Wildman–Crippen LogP) is 6.37. The summed E-state index contributed by atoms with van der Waals surface area (Å²) in [5.41, 5.74) is 6.38. The molecule has 28 heavy (non-hydrogen) atoms. The molecule has 1 aliphatic carbocycles. The molecule has 0 radical (unpaired) electrons. The van der Waals surface area contributed by atoms with Gasteiger partial charge >= 0.3 is 0 Å². The maximum absolute atomic E-state index is 13.6. The second-order valence-corrected chi connectivity index (χ2v) is 8.86. The molecule has 1 aliphatic rings. The van der Waals surface area contributed by atoms with Crippen molar-refractivity contribution in [3.05, 3.63) is 76.1 Å². The van der Waals surface area contributed by atoms with Crippen LogP contribution in [0, 0.1) is 11.2 Å². The van der Waals surface area contributed by atoms with E-state index in [-0.39, 0.29) is 11.2 Å². The zero-order valence-electron chi connectivity index (χ0n) is 16.2.